The van der Waals surface area contributed by atoms with Gasteiger partial charge in [-0.05, 0) is 35.9 Å². The van der Waals surface area contributed by atoms with E-state index < -0.39 is 0 Å². The molecule has 0 aliphatic carbocycles. The number of benzene rings is 3. The van der Waals surface area contributed by atoms with Gasteiger partial charge < -0.3 is 5.11 Å². The average molecular weight is 339 g/mol. The predicted molar refractivity (Wildman–Crippen MR) is 103 cm³/mol. The van der Waals surface area contributed by atoms with Gasteiger partial charge in [0.2, 0.25) is 5.88 Å². The van der Waals surface area contributed by atoms with Gasteiger partial charge in [0.15, 0.2) is 0 Å². The third kappa shape index (κ3) is 3.13. The highest BCUT2D eigenvalue weighted by molar-refractivity contribution is 5.72. The van der Waals surface area contributed by atoms with Crippen LogP contribution in [0.1, 0.15) is 0 Å². The van der Waals surface area contributed by atoms with Crippen molar-refractivity contribution in [1.82, 2.24) is 4.57 Å². The SMILES string of the molecule is Oc1c(N=Nc2ccccc2)cc(-c2ccccc2)n1-c1ccccc1. The zero-order valence-electron chi connectivity index (χ0n) is 14.0. The van der Waals surface area contributed by atoms with Crippen molar-refractivity contribution < 1.29 is 5.11 Å². The van der Waals surface area contributed by atoms with Crippen LogP contribution in [0.3, 0.4) is 0 Å². The van der Waals surface area contributed by atoms with Gasteiger partial charge in [0, 0.05) is 5.69 Å². The second kappa shape index (κ2) is 7.07. The molecule has 0 radical (unpaired) electrons. The molecule has 0 fully saturated rings. The van der Waals surface area contributed by atoms with Gasteiger partial charge in [0.1, 0.15) is 5.69 Å². The van der Waals surface area contributed by atoms with Crippen molar-refractivity contribution in [2.45, 2.75) is 0 Å². The molecule has 1 aromatic heterocycles. The molecule has 4 rings (SSSR count). The molecule has 26 heavy (non-hydrogen) atoms. The Bertz CT molecular complexity index is 1020. The summed E-state index contributed by atoms with van der Waals surface area (Å²) in [6, 6.07) is 31.0. The lowest BCUT2D eigenvalue weighted by Gasteiger charge is -2.10. The minimum absolute atomic E-state index is 0.0646. The number of nitrogens with zero attached hydrogens (tertiary/aromatic N) is 3. The van der Waals surface area contributed by atoms with Crippen molar-refractivity contribution in [3.05, 3.63) is 97.1 Å². The zero-order valence-corrected chi connectivity index (χ0v) is 14.0. The van der Waals surface area contributed by atoms with Gasteiger partial charge in [-0.15, -0.1) is 5.11 Å². The minimum Gasteiger partial charge on any atom is -0.493 e. The summed E-state index contributed by atoms with van der Waals surface area (Å²) < 4.78 is 1.79. The standard InChI is InChI=1S/C22H17N3O/c26-22-20(24-23-18-12-6-2-7-13-18)16-21(17-10-4-1-5-11-17)25(22)19-14-8-3-9-15-19/h1-16,26H. The van der Waals surface area contributed by atoms with Crippen LogP contribution in [-0.4, -0.2) is 9.67 Å². The molecule has 1 heterocycles. The Labute approximate surface area is 151 Å². The third-order valence-electron chi connectivity index (χ3n) is 4.07. The normalized spacial score (nSPS) is 11.1. The molecule has 1 N–H and O–H groups in total. The largest absolute Gasteiger partial charge is 0.493 e. The molecule has 0 saturated carbocycles. The molecule has 0 saturated heterocycles. The number of aromatic hydroxyl groups is 1. The first-order chi connectivity index (χ1) is 12.8. The van der Waals surface area contributed by atoms with Crippen molar-refractivity contribution in [2.75, 3.05) is 0 Å². The van der Waals surface area contributed by atoms with Crippen molar-refractivity contribution in [3.8, 4) is 22.8 Å². The lowest BCUT2D eigenvalue weighted by atomic mass is 10.1. The molecule has 3 aromatic carbocycles. The van der Waals surface area contributed by atoms with E-state index in [0.29, 0.717) is 5.69 Å². The summed E-state index contributed by atoms with van der Waals surface area (Å²) >= 11 is 0. The Kier molecular flexibility index (Phi) is 4.31. The Morgan fingerprint density at radius 2 is 1.23 bits per heavy atom. The number of para-hydroxylation sites is 1. The summed E-state index contributed by atoms with van der Waals surface area (Å²) in [6.45, 7) is 0. The van der Waals surface area contributed by atoms with E-state index in [9.17, 15) is 5.11 Å². The molecular formula is C22H17N3O. The molecule has 0 atom stereocenters. The monoisotopic (exact) mass is 339 g/mol. The van der Waals surface area contributed by atoms with Gasteiger partial charge in [-0.25, -0.2) is 0 Å². The van der Waals surface area contributed by atoms with Crippen LogP contribution in [0.25, 0.3) is 16.9 Å². The number of rotatable bonds is 4. The fourth-order valence-corrected chi connectivity index (χ4v) is 2.83. The first kappa shape index (κ1) is 15.8. The third-order valence-corrected chi connectivity index (χ3v) is 4.07. The number of aromatic nitrogens is 1. The summed E-state index contributed by atoms with van der Waals surface area (Å²) in [5, 5.41) is 19.3. The van der Waals surface area contributed by atoms with Crippen LogP contribution < -0.4 is 0 Å². The van der Waals surface area contributed by atoms with Crippen LogP contribution in [0.5, 0.6) is 5.88 Å². The van der Waals surface area contributed by atoms with E-state index in [4.69, 9.17) is 0 Å². The smallest absolute Gasteiger partial charge is 0.224 e. The molecule has 4 aromatic rings. The summed E-state index contributed by atoms with van der Waals surface area (Å²) in [7, 11) is 0. The van der Waals surface area contributed by atoms with Crippen LogP contribution in [0.2, 0.25) is 0 Å². The zero-order chi connectivity index (χ0) is 17.8. The van der Waals surface area contributed by atoms with Crippen molar-refractivity contribution >= 4 is 11.4 Å². The summed E-state index contributed by atoms with van der Waals surface area (Å²) in [5.74, 6) is 0.0646. The Morgan fingerprint density at radius 1 is 0.654 bits per heavy atom. The Morgan fingerprint density at radius 3 is 1.88 bits per heavy atom. The van der Waals surface area contributed by atoms with Gasteiger partial charge in [-0.3, -0.25) is 4.57 Å². The van der Waals surface area contributed by atoms with E-state index in [1.165, 1.54) is 0 Å². The highest BCUT2D eigenvalue weighted by Gasteiger charge is 2.17. The van der Waals surface area contributed by atoms with E-state index >= 15 is 0 Å². The van der Waals surface area contributed by atoms with Gasteiger partial charge >= 0.3 is 0 Å². The van der Waals surface area contributed by atoms with E-state index in [1.807, 2.05) is 97.1 Å². The fraction of sp³-hybridized carbons (Fsp3) is 0. The van der Waals surface area contributed by atoms with Crippen molar-refractivity contribution in [1.29, 1.82) is 0 Å². The molecular weight excluding hydrogens is 322 g/mol. The van der Waals surface area contributed by atoms with Crippen LogP contribution >= 0.6 is 0 Å². The summed E-state index contributed by atoms with van der Waals surface area (Å²) in [5.41, 5.74) is 3.88. The topological polar surface area (TPSA) is 49.9 Å². The Balaban J connectivity index is 1.84. The van der Waals surface area contributed by atoms with Crippen LogP contribution in [0.4, 0.5) is 11.4 Å². The molecule has 0 unspecified atom stereocenters. The van der Waals surface area contributed by atoms with Crippen LogP contribution in [0.15, 0.2) is 107 Å². The van der Waals surface area contributed by atoms with E-state index in [-0.39, 0.29) is 5.88 Å². The lowest BCUT2D eigenvalue weighted by Crippen LogP contribution is -1.95. The van der Waals surface area contributed by atoms with Crippen molar-refractivity contribution in [3.63, 3.8) is 0 Å². The van der Waals surface area contributed by atoms with Gasteiger partial charge in [-0.2, -0.15) is 5.11 Å². The first-order valence-electron chi connectivity index (χ1n) is 8.35. The summed E-state index contributed by atoms with van der Waals surface area (Å²) in [4.78, 5) is 0. The van der Waals surface area contributed by atoms with Gasteiger partial charge in [0.05, 0.1) is 11.4 Å². The van der Waals surface area contributed by atoms with E-state index in [2.05, 4.69) is 10.2 Å². The van der Waals surface area contributed by atoms with Crippen molar-refractivity contribution in [2.24, 2.45) is 10.2 Å². The average Bonchev–Trinajstić information content (AvgIpc) is 3.05. The van der Waals surface area contributed by atoms with Crippen LogP contribution in [0, 0.1) is 0 Å². The maximum atomic E-state index is 10.8. The first-order valence-corrected chi connectivity index (χ1v) is 8.35. The Hall–Kier alpha value is -3.66. The number of hydrogen-bond acceptors (Lipinski definition) is 3. The van der Waals surface area contributed by atoms with E-state index in [1.54, 1.807) is 4.57 Å². The molecule has 0 aliphatic rings. The van der Waals surface area contributed by atoms with Gasteiger partial charge in [0.25, 0.3) is 0 Å². The van der Waals surface area contributed by atoms with Gasteiger partial charge in [-0.1, -0.05) is 66.7 Å². The van der Waals surface area contributed by atoms with Crippen LogP contribution in [-0.2, 0) is 0 Å². The maximum Gasteiger partial charge on any atom is 0.224 e. The molecule has 0 bridgehead atoms. The molecule has 4 heteroatoms. The predicted octanol–water partition coefficient (Wildman–Crippen LogP) is 6.27. The molecule has 0 aliphatic heterocycles. The summed E-state index contributed by atoms with van der Waals surface area (Å²) in [6.07, 6.45) is 0. The fourth-order valence-electron chi connectivity index (χ4n) is 2.83. The minimum atomic E-state index is 0.0646. The highest BCUT2D eigenvalue weighted by Crippen LogP contribution is 2.39. The molecule has 126 valence electrons. The molecule has 0 amide bonds. The lowest BCUT2D eigenvalue weighted by molar-refractivity contribution is 0.445. The van der Waals surface area contributed by atoms with E-state index in [0.717, 1.165) is 22.6 Å². The number of azo groups is 1. The maximum absolute atomic E-state index is 10.8. The molecule has 0 spiro atoms. The highest BCUT2D eigenvalue weighted by atomic mass is 16.3. The second-order valence-electron chi connectivity index (χ2n) is 5.81. The molecule has 4 nitrogen and oxygen atoms in total. The quantitative estimate of drug-likeness (QED) is 0.438. The second-order valence-corrected chi connectivity index (χ2v) is 5.81. The number of hydrogen-bond donors (Lipinski definition) is 1.